The van der Waals surface area contributed by atoms with Crippen LogP contribution in [0.3, 0.4) is 0 Å². The van der Waals surface area contributed by atoms with Crippen LogP contribution < -0.4 is 10.2 Å². The molecule has 0 bridgehead atoms. The van der Waals surface area contributed by atoms with Gasteiger partial charge in [-0.2, -0.15) is 0 Å². The highest BCUT2D eigenvalue weighted by molar-refractivity contribution is 6.33. The van der Waals surface area contributed by atoms with Gasteiger partial charge in [0, 0.05) is 17.3 Å². The van der Waals surface area contributed by atoms with E-state index >= 15 is 0 Å². The Kier molecular flexibility index (Phi) is 3.67. The van der Waals surface area contributed by atoms with Crippen LogP contribution in [0.4, 0.5) is 5.69 Å². The molecular formula is C18H17N3O3. The van der Waals surface area contributed by atoms with E-state index in [9.17, 15) is 14.4 Å². The quantitative estimate of drug-likeness (QED) is 0.861. The third kappa shape index (κ3) is 2.78. The second kappa shape index (κ2) is 5.56. The number of fused-ring (bicyclic) bond motifs is 1. The van der Waals surface area contributed by atoms with Gasteiger partial charge in [0.25, 0.3) is 17.7 Å². The molecule has 0 fully saturated rings. The summed E-state index contributed by atoms with van der Waals surface area (Å²) < 4.78 is 0. The fourth-order valence-corrected chi connectivity index (χ4v) is 2.50. The number of carbonyl (C=O) groups excluding carboxylic acids is 3. The molecule has 3 rings (SSSR count). The molecule has 122 valence electrons. The number of pyridine rings is 1. The molecule has 2 aromatic rings. The summed E-state index contributed by atoms with van der Waals surface area (Å²) in [7, 11) is 0. The van der Waals surface area contributed by atoms with E-state index in [1.165, 1.54) is 12.3 Å². The third-order valence-electron chi connectivity index (χ3n) is 3.50. The number of aromatic nitrogens is 1. The van der Waals surface area contributed by atoms with Gasteiger partial charge in [-0.15, -0.1) is 0 Å². The summed E-state index contributed by atoms with van der Waals surface area (Å²) in [6.45, 7) is 5.64. The maximum absolute atomic E-state index is 12.5. The lowest BCUT2D eigenvalue weighted by atomic mass is 10.1. The topological polar surface area (TPSA) is 79.4 Å². The standard InChI is InChI=1S/C18H17N3O3/c1-18(2,3)20-15(22)11-6-4-7-12(10-11)21-16(23)13-8-5-9-19-14(13)17(21)24/h4-10H,1-3H3,(H,20,22). The Balaban J connectivity index is 1.95. The maximum Gasteiger partial charge on any atom is 0.284 e. The molecule has 1 aliphatic heterocycles. The van der Waals surface area contributed by atoms with Gasteiger partial charge in [0.2, 0.25) is 0 Å². The molecule has 0 spiro atoms. The minimum Gasteiger partial charge on any atom is -0.347 e. The summed E-state index contributed by atoms with van der Waals surface area (Å²) in [5, 5.41) is 2.85. The molecule has 1 aliphatic rings. The van der Waals surface area contributed by atoms with E-state index in [4.69, 9.17) is 0 Å². The summed E-state index contributed by atoms with van der Waals surface area (Å²) in [6, 6.07) is 9.61. The predicted molar refractivity (Wildman–Crippen MR) is 89.0 cm³/mol. The molecule has 6 heteroatoms. The zero-order valence-corrected chi connectivity index (χ0v) is 13.7. The van der Waals surface area contributed by atoms with Gasteiger partial charge < -0.3 is 5.32 Å². The second-order valence-corrected chi connectivity index (χ2v) is 6.60. The molecule has 1 aromatic heterocycles. The number of hydrogen-bond donors (Lipinski definition) is 1. The monoisotopic (exact) mass is 323 g/mol. The van der Waals surface area contributed by atoms with E-state index in [2.05, 4.69) is 10.3 Å². The molecule has 0 aliphatic carbocycles. The average molecular weight is 323 g/mol. The lowest BCUT2D eigenvalue weighted by molar-refractivity contribution is 0.0906. The number of anilines is 1. The molecule has 6 nitrogen and oxygen atoms in total. The molecule has 2 heterocycles. The third-order valence-corrected chi connectivity index (χ3v) is 3.50. The van der Waals surface area contributed by atoms with Gasteiger partial charge in [-0.1, -0.05) is 6.07 Å². The summed E-state index contributed by atoms with van der Waals surface area (Å²) >= 11 is 0. The Morgan fingerprint density at radius 1 is 1.08 bits per heavy atom. The van der Waals surface area contributed by atoms with Crippen LogP contribution >= 0.6 is 0 Å². The minimum absolute atomic E-state index is 0.132. The smallest absolute Gasteiger partial charge is 0.284 e. The van der Waals surface area contributed by atoms with Gasteiger partial charge in [-0.3, -0.25) is 19.4 Å². The molecule has 0 radical (unpaired) electrons. The number of amides is 3. The van der Waals surface area contributed by atoms with E-state index in [1.807, 2.05) is 20.8 Å². The Labute approximate surface area is 139 Å². The number of carbonyl (C=O) groups is 3. The van der Waals surface area contributed by atoms with Crippen molar-refractivity contribution in [3.05, 3.63) is 59.4 Å². The molecule has 1 N–H and O–H groups in total. The van der Waals surface area contributed by atoms with Crippen LogP contribution in [0.15, 0.2) is 42.6 Å². The van der Waals surface area contributed by atoms with Crippen molar-refractivity contribution >= 4 is 23.4 Å². The summed E-state index contributed by atoms with van der Waals surface area (Å²) in [5.74, 6) is -1.18. The Bertz CT molecular complexity index is 818. The summed E-state index contributed by atoms with van der Waals surface area (Å²) in [6.07, 6.45) is 1.47. The normalized spacial score (nSPS) is 13.9. The average Bonchev–Trinajstić information content (AvgIpc) is 2.78. The van der Waals surface area contributed by atoms with Crippen molar-refractivity contribution in [3.63, 3.8) is 0 Å². The van der Waals surface area contributed by atoms with Gasteiger partial charge >= 0.3 is 0 Å². The van der Waals surface area contributed by atoms with Gasteiger partial charge in [0.15, 0.2) is 0 Å². The van der Waals surface area contributed by atoms with E-state index in [0.29, 0.717) is 11.3 Å². The number of hydrogen-bond acceptors (Lipinski definition) is 4. The fourth-order valence-electron chi connectivity index (χ4n) is 2.50. The Morgan fingerprint density at radius 2 is 1.83 bits per heavy atom. The molecule has 1 aromatic carbocycles. The highest BCUT2D eigenvalue weighted by Crippen LogP contribution is 2.27. The highest BCUT2D eigenvalue weighted by atomic mass is 16.2. The molecule has 3 amide bonds. The lowest BCUT2D eigenvalue weighted by Crippen LogP contribution is -2.40. The van der Waals surface area contributed by atoms with Gasteiger partial charge in [-0.05, 0) is 51.1 Å². The molecule has 24 heavy (non-hydrogen) atoms. The first-order valence-electron chi connectivity index (χ1n) is 7.54. The SMILES string of the molecule is CC(C)(C)NC(=O)c1cccc(N2C(=O)c3cccnc3C2=O)c1. The van der Waals surface area contributed by atoms with Gasteiger partial charge in [0.1, 0.15) is 5.69 Å². The largest absolute Gasteiger partial charge is 0.347 e. The van der Waals surface area contributed by atoms with Crippen molar-refractivity contribution in [2.24, 2.45) is 0 Å². The Hall–Kier alpha value is -3.02. The number of benzene rings is 1. The highest BCUT2D eigenvalue weighted by Gasteiger charge is 2.37. The van der Waals surface area contributed by atoms with Crippen LogP contribution in [-0.2, 0) is 0 Å². The maximum atomic E-state index is 12.5. The number of nitrogens with one attached hydrogen (secondary N) is 1. The zero-order valence-electron chi connectivity index (χ0n) is 13.7. The van der Waals surface area contributed by atoms with Crippen LogP contribution in [-0.4, -0.2) is 28.2 Å². The van der Waals surface area contributed by atoms with Crippen molar-refractivity contribution in [1.82, 2.24) is 10.3 Å². The van der Waals surface area contributed by atoms with Gasteiger partial charge in [0.05, 0.1) is 11.3 Å². The van der Waals surface area contributed by atoms with Crippen LogP contribution in [0.25, 0.3) is 0 Å². The van der Waals surface area contributed by atoms with E-state index < -0.39 is 11.8 Å². The predicted octanol–water partition coefficient (Wildman–Crippen LogP) is 2.41. The zero-order chi connectivity index (χ0) is 17.5. The summed E-state index contributed by atoms with van der Waals surface area (Å²) in [4.78, 5) is 42.3. The molecular weight excluding hydrogens is 306 g/mol. The first-order valence-corrected chi connectivity index (χ1v) is 7.54. The van der Waals surface area contributed by atoms with Crippen LogP contribution in [0, 0.1) is 0 Å². The van der Waals surface area contributed by atoms with E-state index in [1.54, 1.807) is 30.3 Å². The minimum atomic E-state index is -0.482. The lowest BCUT2D eigenvalue weighted by Gasteiger charge is -2.21. The molecule has 0 saturated carbocycles. The Morgan fingerprint density at radius 3 is 2.50 bits per heavy atom. The number of nitrogens with zero attached hydrogens (tertiary/aromatic N) is 2. The van der Waals surface area contributed by atoms with Crippen molar-refractivity contribution in [2.45, 2.75) is 26.3 Å². The molecule has 0 saturated heterocycles. The van der Waals surface area contributed by atoms with Crippen LogP contribution in [0.2, 0.25) is 0 Å². The van der Waals surface area contributed by atoms with E-state index in [0.717, 1.165) is 4.90 Å². The van der Waals surface area contributed by atoms with Crippen molar-refractivity contribution in [2.75, 3.05) is 4.90 Å². The molecule has 0 atom stereocenters. The van der Waals surface area contributed by atoms with E-state index in [-0.39, 0.29) is 22.7 Å². The fraction of sp³-hybridized carbons (Fsp3) is 0.222. The van der Waals surface area contributed by atoms with Crippen LogP contribution in [0.1, 0.15) is 52.0 Å². The van der Waals surface area contributed by atoms with Crippen molar-refractivity contribution < 1.29 is 14.4 Å². The summed E-state index contributed by atoms with van der Waals surface area (Å²) in [5.41, 5.74) is 0.752. The second-order valence-electron chi connectivity index (χ2n) is 6.60. The van der Waals surface area contributed by atoms with Crippen molar-refractivity contribution in [1.29, 1.82) is 0 Å². The first-order chi connectivity index (χ1) is 11.3. The van der Waals surface area contributed by atoms with Gasteiger partial charge in [-0.25, -0.2) is 4.90 Å². The van der Waals surface area contributed by atoms with Crippen LogP contribution in [0.5, 0.6) is 0 Å². The van der Waals surface area contributed by atoms with Crippen molar-refractivity contribution in [3.8, 4) is 0 Å². The number of imide groups is 1. The molecule has 0 unspecified atom stereocenters. The first kappa shape index (κ1) is 15.9. The number of rotatable bonds is 2.